The molecule has 1 aromatic rings. The highest BCUT2D eigenvalue weighted by Crippen LogP contribution is 2.27. The molecule has 1 aromatic carbocycles. The number of nitro groups is 1. The number of nitro benzene ring substituents is 1. The predicted octanol–water partition coefficient (Wildman–Crippen LogP) is 0.840. The number of nitrogens with two attached hydrogens (primary N) is 1. The molecule has 132 valence electrons. The van der Waals surface area contributed by atoms with E-state index >= 15 is 0 Å². The van der Waals surface area contributed by atoms with Crippen LogP contribution in [0.25, 0.3) is 0 Å². The van der Waals surface area contributed by atoms with Gasteiger partial charge in [-0.3, -0.25) is 14.9 Å². The van der Waals surface area contributed by atoms with Gasteiger partial charge in [0.05, 0.1) is 4.92 Å². The Kier molecular flexibility index (Phi) is 6.10. The second-order valence-corrected chi connectivity index (χ2v) is 6.17. The number of hydrogen-bond donors (Lipinski definition) is 2. The first-order chi connectivity index (χ1) is 11.4. The van der Waals surface area contributed by atoms with Gasteiger partial charge < -0.3 is 20.5 Å². The molecule has 3 N–H and O–H groups in total. The van der Waals surface area contributed by atoms with Crippen molar-refractivity contribution in [3.05, 3.63) is 33.9 Å². The van der Waals surface area contributed by atoms with Crippen LogP contribution in [0.1, 0.15) is 18.4 Å². The Morgan fingerprint density at radius 1 is 1.50 bits per heavy atom. The van der Waals surface area contributed by atoms with Crippen molar-refractivity contribution in [1.29, 1.82) is 0 Å². The molecule has 0 unspecified atom stereocenters. The molecule has 0 bridgehead atoms. The summed E-state index contributed by atoms with van der Waals surface area (Å²) in [5.74, 6) is -0.216. The van der Waals surface area contributed by atoms with Crippen LogP contribution in [0, 0.1) is 23.0 Å². The smallest absolute Gasteiger partial charge is 0.311 e. The highest BCUT2D eigenvalue weighted by molar-refractivity contribution is 5.76. The number of aryl methyl sites for hydroxylation is 1. The third-order valence-electron chi connectivity index (χ3n) is 4.20. The summed E-state index contributed by atoms with van der Waals surface area (Å²) in [5, 5.41) is 21.1. The fourth-order valence-electron chi connectivity index (χ4n) is 2.83. The number of β-amino-alcohol motifs (C(OH)–C–C–N with tert-alkyl or cyclic N) is 1. The molecule has 0 aliphatic carbocycles. The fraction of sp³-hybridized carbons (Fsp3) is 0.562. The Labute approximate surface area is 140 Å². The fourth-order valence-corrected chi connectivity index (χ4v) is 2.83. The number of amides is 1. The summed E-state index contributed by atoms with van der Waals surface area (Å²) in [6.07, 6.45) is 0.606. The summed E-state index contributed by atoms with van der Waals surface area (Å²) in [6, 6.07) is 4.71. The van der Waals surface area contributed by atoms with Crippen molar-refractivity contribution in [2.24, 2.45) is 11.7 Å². The number of carbonyl (C=O) groups is 1. The molecule has 1 heterocycles. The van der Waals surface area contributed by atoms with Crippen molar-refractivity contribution in [2.45, 2.75) is 25.9 Å². The highest BCUT2D eigenvalue weighted by atomic mass is 16.6. The van der Waals surface area contributed by atoms with Crippen LogP contribution in [0.4, 0.5) is 5.69 Å². The zero-order valence-electron chi connectivity index (χ0n) is 13.7. The van der Waals surface area contributed by atoms with Gasteiger partial charge in [-0.1, -0.05) is 6.07 Å². The molecule has 0 aromatic heterocycles. The zero-order valence-corrected chi connectivity index (χ0v) is 13.7. The van der Waals surface area contributed by atoms with Gasteiger partial charge in [-0.25, -0.2) is 0 Å². The molecule has 1 aliphatic heterocycles. The lowest BCUT2D eigenvalue weighted by Crippen LogP contribution is -2.43. The third kappa shape index (κ3) is 4.90. The standard InChI is InChI=1S/C16H23N3O5/c1-11-2-3-15(14(8-11)19(22)23)24-10-13(20)9-18-6-4-12(5-7-18)16(17)21/h2-3,8,12-13,20H,4-7,9-10H2,1H3,(H2,17,21)/t13-/m1/s1. The number of aliphatic hydroxyl groups is 1. The number of ether oxygens (including phenoxy) is 1. The average molecular weight is 337 g/mol. The van der Waals surface area contributed by atoms with Crippen molar-refractivity contribution in [1.82, 2.24) is 4.90 Å². The second-order valence-electron chi connectivity index (χ2n) is 6.17. The minimum atomic E-state index is -0.768. The number of rotatable bonds is 7. The van der Waals surface area contributed by atoms with Gasteiger partial charge in [0, 0.05) is 18.5 Å². The minimum Gasteiger partial charge on any atom is -0.484 e. The van der Waals surface area contributed by atoms with E-state index in [0.29, 0.717) is 32.5 Å². The lowest BCUT2D eigenvalue weighted by Gasteiger charge is -2.31. The third-order valence-corrected chi connectivity index (χ3v) is 4.20. The number of hydrogen-bond acceptors (Lipinski definition) is 6. The molecule has 8 heteroatoms. The van der Waals surface area contributed by atoms with E-state index in [-0.39, 0.29) is 29.9 Å². The van der Waals surface area contributed by atoms with Gasteiger partial charge in [0.15, 0.2) is 5.75 Å². The number of piperidine rings is 1. The summed E-state index contributed by atoms with van der Waals surface area (Å²) in [6.45, 7) is 3.51. The summed E-state index contributed by atoms with van der Waals surface area (Å²) in [4.78, 5) is 23.7. The molecule has 1 atom stereocenters. The molecule has 8 nitrogen and oxygen atoms in total. The molecule has 0 spiro atoms. The molecule has 24 heavy (non-hydrogen) atoms. The summed E-state index contributed by atoms with van der Waals surface area (Å²) in [7, 11) is 0. The number of carbonyl (C=O) groups excluding carboxylic acids is 1. The van der Waals surface area contributed by atoms with Crippen LogP contribution in [-0.4, -0.2) is 53.2 Å². The molecule has 0 saturated carbocycles. The van der Waals surface area contributed by atoms with Crippen LogP contribution in [-0.2, 0) is 4.79 Å². The minimum absolute atomic E-state index is 0.0281. The number of likely N-dealkylation sites (tertiary alicyclic amines) is 1. The maximum Gasteiger partial charge on any atom is 0.311 e. The van der Waals surface area contributed by atoms with Crippen LogP contribution in [0.15, 0.2) is 18.2 Å². The van der Waals surface area contributed by atoms with Gasteiger partial charge in [-0.2, -0.15) is 0 Å². The van der Waals surface area contributed by atoms with Crippen LogP contribution in [0.2, 0.25) is 0 Å². The van der Waals surface area contributed by atoms with E-state index in [0.717, 1.165) is 5.56 Å². The quantitative estimate of drug-likeness (QED) is 0.562. The molecule has 2 rings (SSSR count). The van der Waals surface area contributed by atoms with Gasteiger partial charge in [0.25, 0.3) is 0 Å². The molecule has 1 saturated heterocycles. The Morgan fingerprint density at radius 2 is 2.17 bits per heavy atom. The lowest BCUT2D eigenvalue weighted by atomic mass is 9.96. The summed E-state index contributed by atoms with van der Waals surface area (Å²) in [5.41, 5.74) is 5.96. The first-order valence-corrected chi connectivity index (χ1v) is 7.94. The molecule has 0 radical (unpaired) electrons. The first kappa shape index (κ1) is 18.2. The van der Waals surface area contributed by atoms with Gasteiger partial charge >= 0.3 is 5.69 Å². The van der Waals surface area contributed by atoms with Crippen LogP contribution in [0.3, 0.4) is 0 Å². The van der Waals surface area contributed by atoms with Crippen molar-refractivity contribution < 1.29 is 19.6 Å². The molecular weight excluding hydrogens is 314 g/mol. The first-order valence-electron chi connectivity index (χ1n) is 7.94. The average Bonchev–Trinajstić information content (AvgIpc) is 2.54. The second kappa shape index (κ2) is 8.07. The number of aliphatic hydroxyl groups excluding tert-OH is 1. The van der Waals surface area contributed by atoms with E-state index in [1.54, 1.807) is 19.1 Å². The van der Waals surface area contributed by atoms with Crippen LogP contribution in [0.5, 0.6) is 5.75 Å². The Morgan fingerprint density at radius 3 is 2.75 bits per heavy atom. The Hall–Kier alpha value is -2.19. The SMILES string of the molecule is Cc1ccc(OC[C@H](O)CN2CCC(C(N)=O)CC2)c([N+](=O)[O-])c1. The highest BCUT2D eigenvalue weighted by Gasteiger charge is 2.24. The molecule has 1 amide bonds. The van der Waals surface area contributed by atoms with E-state index in [1.165, 1.54) is 6.07 Å². The van der Waals surface area contributed by atoms with Crippen molar-refractivity contribution in [3.8, 4) is 5.75 Å². The monoisotopic (exact) mass is 337 g/mol. The van der Waals surface area contributed by atoms with Crippen molar-refractivity contribution >= 4 is 11.6 Å². The number of nitrogens with zero attached hydrogens (tertiary/aromatic N) is 2. The van der Waals surface area contributed by atoms with Gasteiger partial charge in [0.1, 0.15) is 12.7 Å². The van der Waals surface area contributed by atoms with Gasteiger partial charge in [0.2, 0.25) is 5.91 Å². The van der Waals surface area contributed by atoms with Crippen molar-refractivity contribution in [2.75, 3.05) is 26.2 Å². The van der Waals surface area contributed by atoms with E-state index in [1.807, 2.05) is 4.90 Å². The van der Waals surface area contributed by atoms with Gasteiger partial charge in [-0.05, 0) is 44.5 Å². The topological polar surface area (TPSA) is 119 Å². The molecule has 1 aliphatic rings. The number of benzene rings is 1. The van der Waals surface area contributed by atoms with E-state index in [4.69, 9.17) is 10.5 Å². The summed E-state index contributed by atoms with van der Waals surface area (Å²) < 4.78 is 5.42. The Balaban J connectivity index is 1.83. The predicted molar refractivity (Wildman–Crippen MR) is 87.7 cm³/mol. The Bertz CT molecular complexity index is 599. The van der Waals surface area contributed by atoms with E-state index in [9.17, 15) is 20.0 Å². The van der Waals surface area contributed by atoms with E-state index < -0.39 is 11.0 Å². The molecular formula is C16H23N3O5. The van der Waals surface area contributed by atoms with E-state index in [2.05, 4.69) is 0 Å². The van der Waals surface area contributed by atoms with Crippen LogP contribution < -0.4 is 10.5 Å². The summed E-state index contributed by atoms with van der Waals surface area (Å²) >= 11 is 0. The lowest BCUT2D eigenvalue weighted by molar-refractivity contribution is -0.386. The maximum atomic E-state index is 11.1. The van der Waals surface area contributed by atoms with Crippen LogP contribution >= 0.6 is 0 Å². The normalized spacial score (nSPS) is 17.4. The van der Waals surface area contributed by atoms with Gasteiger partial charge in [-0.15, -0.1) is 0 Å². The number of primary amides is 1. The van der Waals surface area contributed by atoms with Crippen molar-refractivity contribution in [3.63, 3.8) is 0 Å². The maximum absolute atomic E-state index is 11.1. The molecule has 1 fully saturated rings. The zero-order chi connectivity index (χ0) is 17.7. The largest absolute Gasteiger partial charge is 0.484 e.